The van der Waals surface area contributed by atoms with Crippen LogP contribution in [-0.2, 0) is 0 Å². The topological polar surface area (TPSA) is 24.9 Å². The van der Waals surface area contributed by atoms with E-state index in [1.54, 1.807) is 23.5 Å². The zero-order valence-corrected chi connectivity index (χ0v) is 12.4. The van der Waals surface area contributed by atoms with E-state index in [9.17, 15) is 0 Å². The molecule has 0 bridgehead atoms. The highest BCUT2D eigenvalue weighted by atomic mass is 35.5. The van der Waals surface area contributed by atoms with Crippen molar-refractivity contribution in [2.45, 2.75) is 6.92 Å². The summed E-state index contributed by atoms with van der Waals surface area (Å²) >= 11 is 13.6. The number of halogens is 2. The molecule has 0 saturated heterocycles. The van der Waals surface area contributed by atoms with E-state index in [1.807, 2.05) is 12.1 Å². The largest absolute Gasteiger partial charge is 0.330 e. The minimum Gasteiger partial charge on any atom is -0.330 e. The van der Waals surface area contributed by atoms with E-state index in [1.165, 1.54) is 5.56 Å². The third-order valence-corrected chi connectivity index (χ3v) is 4.28. The number of hydrogen-bond donors (Lipinski definition) is 1. The van der Waals surface area contributed by atoms with E-state index in [0.29, 0.717) is 10.0 Å². The third kappa shape index (κ3) is 2.54. The number of para-hydroxylation sites is 1. The van der Waals surface area contributed by atoms with Crippen LogP contribution in [0.4, 0.5) is 10.8 Å². The molecule has 3 rings (SSSR count). The second-order valence-corrected chi connectivity index (χ2v) is 6.06. The van der Waals surface area contributed by atoms with Gasteiger partial charge in [-0.15, -0.1) is 0 Å². The lowest BCUT2D eigenvalue weighted by atomic mass is 10.2. The van der Waals surface area contributed by atoms with Gasteiger partial charge in [0.25, 0.3) is 0 Å². The van der Waals surface area contributed by atoms with Crippen LogP contribution in [0.25, 0.3) is 10.2 Å². The zero-order valence-electron chi connectivity index (χ0n) is 10.1. The molecule has 0 spiro atoms. The van der Waals surface area contributed by atoms with Crippen LogP contribution in [-0.4, -0.2) is 4.98 Å². The van der Waals surface area contributed by atoms with Gasteiger partial charge >= 0.3 is 0 Å². The molecule has 2 nitrogen and oxygen atoms in total. The SMILES string of the molecule is Cc1cccc2sc(Nc3ccc(Cl)cc3Cl)nc12. The fourth-order valence-corrected chi connectivity index (χ4v) is 3.26. The van der Waals surface area contributed by atoms with Crippen molar-refractivity contribution in [3.63, 3.8) is 0 Å². The number of thiazole rings is 1. The van der Waals surface area contributed by atoms with Crippen molar-refractivity contribution in [3.05, 3.63) is 52.0 Å². The average Bonchev–Trinajstić information content (AvgIpc) is 2.77. The first-order valence-corrected chi connectivity index (χ1v) is 7.29. The van der Waals surface area contributed by atoms with Gasteiger partial charge in [-0.05, 0) is 36.8 Å². The van der Waals surface area contributed by atoms with Crippen LogP contribution in [0.3, 0.4) is 0 Å². The van der Waals surface area contributed by atoms with E-state index in [2.05, 4.69) is 29.4 Å². The molecule has 0 radical (unpaired) electrons. The van der Waals surface area contributed by atoms with Gasteiger partial charge in [-0.1, -0.05) is 46.7 Å². The first-order valence-electron chi connectivity index (χ1n) is 5.72. The highest BCUT2D eigenvalue weighted by Crippen LogP contribution is 2.33. The summed E-state index contributed by atoms with van der Waals surface area (Å²) < 4.78 is 1.16. The standard InChI is InChI=1S/C14H10Cl2N2S/c1-8-3-2-4-12-13(8)18-14(19-12)17-11-6-5-9(15)7-10(11)16/h2-7H,1H3,(H,17,18). The molecule has 1 aromatic heterocycles. The molecule has 0 atom stereocenters. The fourth-order valence-electron chi connectivity index (χ4n) is 1.85. The smallest absolute Gasteiger partial charge is 0.188 e. The van der Waals surface area contributed by atoms with Crippen LogP contribution >= 0.6 is 34.5 Å². The molecule has 0 aliphatic carbocycles. The van der Waals surface area contributed by atoms with E-state index in [-0.39, 0.29) is 0 Å². The number of rotatable bonds is 2. The van der Waals surface area contributed by atoms with Gasteiger partial charge in [0.05, 0.1) is 20.9 Å². The first kappa shape index (κ1) is 12.7. The van der Waals surface area contributed by atoms with Crippen LogP contribution in [0.1, 0.15) is 5.56 Å². The lowest BCUT2D eigenvalue weighted by Gasteiger charge is -2.04. The lowest BCUT2D eigenvalue weighted by Crippen LogP contribution is -1.90. The highest BCUT2D eigenvalue weighted by Gasteiger charge is 2.07. The summed E-state index contributed by atoms with van der Waals surface area (Å²) in [5, 5.41) is 5.27. The number of nitrogens with zero attached hydrogens (tertiary/aromatic N) is 1. The maximum Gasteiger partial charge on any atom is 0.188 e. The lowest BCUT2D eigenvalue weighted by molar-refractivity contribution is 1.40. The molecule has 5 heteroatoms. The summed E-state index contributed by atoms with van der Waals surface area (Å²) in [7, 11) is 0. The third-order valence-electron chi connectivity index (χ3n) is 2.79. The van der Waals surface area contributed by atoms with Crippen LogP contribution < -0.4 is 5.32 Å². The predicted octanol–water partition coefficient (Wildman–Crippen LogP) is 5.66. The predicted molar refractivity (Wildman–Crippen MR) is 84.1 cm³/mol. The Balaban J connectivity index is 1.99. The summed E-state index contributed by atoms with van der Waals surface area (Å²) in [6, 6.07) is 11.5. The average molecular weight is 309 g/mol. The summed E-state index contributed by atoms with van der Waals surface area (Å²) in [6.07, 6.45) is 0. The van der Waals surface area contributed by atoms with Crippen molar-refractivity contribution in [1.82, 2.24) is 4.98 Å². The number of benzene rings is 2. The number of aryl methyl sites for hydroxylation is 1. The Morgan fingerprint density at radius 1 is 1.16 bits per heavy atom. The molecule has 0 fully saturated rings. The molecular weight excluding hydrogens is 299 g/mol. The van der Waals surface area contributed by atoms with Crippen molar-refractivity contribution in [2.75, 3.05) is 5.32 Å². The Morgan fingerprint density at radius 2 is 2.00 bits per heavy atom. The van der Waals surface area contributed by atoms with Gasteiger partial charge in [-0.3, -0.25) is 0 Å². The molecule has 0 amide bonds. The second-order valence-electron chi connectivity index (χ2n) is 4.19. The molecule has 96 valence electrons. The molecule has 0 aliphatic heterocycles. The van der Waals surface area contributed by atoms with E-state index < -0.39 is 0 Å². The van der Waals surface area contributed by atoms with Crippen molar-refractivity contribution in [2.24, 2.45) is 0 Å². The number of anilines is 2. The van der Waals surface area contributed by atoms with E-state index in [0.717, 1.165) is 21.0 Å². The maximum atomic E-state index is 6.14. The summed E-state index contributed by atoms with van der Waals surface area (Å²) in [4.78, 5) is 4.59. The Labute approximate surface area is 125 Å². The zero-order chi connectivity index (χ0) is 13.4. The van der Waals surface area contributed by atoms with Crippen LogP contribution in [0.5, 0.6) is 0 Å². The molecule has 2 aromatic carbocycles. The molecular formula is C14H10Cl2N2S. The first-order chi connectivity index (χ1) is 9.13. The summed E-state index contributed by atoms with van der Waals surface area (Å²) in [5.41, 5.74) is 3.01. The molecule has 3 aromatic rings. The van der Waals surface area contributed by atoms with Gasteiger partial charge < -0.3 is 5.32 Å². The molecule has 0 unspecified atom stereocenters. The maximum absolute atomic E-state index is 6.14. The van der Waals surface area contributed by atoms with Crippen molar-refractivity contribution in [1.29, 1.82) is 0 Å². The Morgan fingerprint density at radius 3 is 2.74 bits per heavy atom. The number of aromatic nitrogens is 1. The molecule has 1 heterocycles. The van der Waals surface area contributed by atoms with Crippen LogP contribution in [0.2, 0.25) is 10.0 Å². The van der Waals surface area contributed by atoms with E-state index in [4.69, 9.17) is 23.2 Å². The normalized spacial score (nSPS) is 10.9. The van der Waals surface area contributed by atoms with Crippen molar-refractivity contribution >= 4 is 55.6 Å². The van der Waals surface area contributed by atoms with Gasteiger partial charge in [-0.25, -0.2) is 4.98 Å². The van der Waals surface area contributed by atoms with Gasteiger partial charge in [0.15, 0.2) is 5.13 Å². The number of nitrogens with one attached hydrogen (secondary N) is 1. The number of fused-ring (bicyclic) bond motifs is 1. The minimum atomic E-state index is 0.587. The quantitative estimate of drug-likeness (QED) is 0.661. The van der Waals surface area contributed by atoms with E-state index >= 15 is 0 Å². The number of hydrogen-bond acceptors (Lipinski definition) is 3. The molecule has 19 heavy (non-hydrogen) atoms. The monoisotopic (exact) mass is 308 g/mol. The molecule has 0 aliphatic rings. The van der Waals surface area contributed by atoms with Crippen molar-refractivity contribution < 1.29 is 0 Å². The van der Waals surface area contributed by atoms with Gasteiger partial charge in [0.1, 0.15) is 0 Å². The minimum absolute atomic E-state index is 0.587. The van der Waals surface area contributed by atoms with Crippen LogP contribution in [0.15, 0.2) is 36.4 Å². The summed E-state index contributed by atoms with van der Waals surface area (Å²) in [6.45, 7) is 2.06. The molecule has 1 N–H and O–H groups in total. The Bertz CT molecular complexity index is 752. The Hall–Kier alpha value is -1.29. The van der Waals surface area contributed by atoms with Crippen LogP contribution in [0, 0.1) is 6.92 Å². The van der Waals surface area contributed by atoms with Gasteiger partial charge in [-0.2, -0.15) is 0 Å². The fraction of sp³-hybridized carbons (Fsp3) is 0.0714. The van der Waals surface area contributed by atoms with Gasteiger partial charge in [0, 0.05) is 5.02 Å². The second kappa shape index (κ2) is 5.00. The summed E-state index contributed by atoms with van der Waals surface area (Å²) in [5.74, 6) is 0. The Kier molecular flexibility index (Phi) is 3.35. The van der Waals surface area contributed by atoms with Crippen molar-refractivity contribution in [3.8, 4) is 0 Å². The highest BCUT2D eigenvalue weighted by molar-refractivity contribution is 7.22. The van der Waals surface area contributed by atoms with Gasteiger partial charge in [0.2, 0.25) is 0 Å². The molecule has 0 saturated carbocycles.